The molecule has 13 heteroatoms. The molecule has 0 unspecified atom stereocenters. The Morgan fingerprint density at radius 2 is 1.56 bits per heavy atom. The molecule has 6 rings (SSSR count). The number of hydrogen-bond donors (Lipinski definition) is 2. The summed E-state index contributed by atoms with van der Waals surface area (Å²) >= 11 is 8.08. The first-order valence-electron chi connectivity index (χ1n) is 22.0. The number of ketones is 1. The first-order valence-corrected chi connectivity index (χ1v) is 27.9. The second-order valence-corrected chi connectivity index (χ2v) is 27.0. The van der Waals surface area contributed by atoms with E-state index in [9.17, 15) is 18.4 Å². The van der Waals surface area contributed by atoms with Gasteiger partial charge in [0.1, 0.15) is 5.75 Å². The minimum absolute atomic E-state index is 0. The molecule has 5 N–H and O–H groups in total. The Bertz CT molecular complexity index is 2390. The fourth-order valence-electron chi connectivity index (χ4n) is 8.00. The standard InChI is InChI=1S/C51H64ClN3O5S2Si.H2O/c1-51(2,3)63(6,7)60-50(47-16-12-11-15-46(47)38-17-22-42(52)23-18-38)40-28-31-55(32-29-40)43-24-19-39(20-25-43)49(56)36-62(58,59)45-26-21-41(48(34-45)53-57)33-37(27-30-54(4)5)35-61-44-13-9-8-10-14-44;/h8-26,34,37,40,50,53,57H,27-33,35-36H2,1-7H3;1H2/p+1/t37-,50+;/m0./s1. The minimum Gasteiger partial charge on any atom is -0.412 e. The second-order valence-electron chi connectivity index (χ2n) is 18.7. The van der Waals surface area contributed by atoms with Gasteiger partial charge in [-0.1, -0.05) is 93.0 Å². The fourth-order valence-corrected chi connectivity index (χ4v) is 11.8. The summed E-state index contributed by atoms with van der Waals surface area (Å²) < 4.78 is 34.7. The number of nitrogens with two attached hydrogens (primary N) is 1. The molecule has 1 aliphatic heterocycles. The molecule has 0 radical (unpaired) electrons. The topological polar surface area (TPSA) is 135 Å². The lowest BCUT2D eigenvalue weighted by molar-refractivity contribution is -0.826. The molecule has 344 valence electrons. The number of sulfone groups is 1. The Morgan fingerprint density at radius 1 is 0.922 bits per heavy atom. The first kappa shape index (κ1) is 51.2. The highest BCUT2D eigenvalue weighted by atomic mass is 35.5. The molecule has 5 aromatic rings. The summed E-state index contributed by atoms with van der Waals surface area (Å²) in [7, 11) is -2.03. The highest BCUT2D eigenvalue weighted by Crippen LogP contribution is 2.46. The van der Waals surface area contributed by atoms with E-state index in [1.54, 1.807) is 36.0 Å². The maximum Gasteiger partial charge on any atom is 0.192 e. The Kier molecular flexibility index (Phi) is 18.1. The van der Waals surface area contributed by atoms with E-state index < -0.39 is 29.7 Å². The van der Waals surface area contributed by atoms with Crippen LogP contribution in [0.2, 0.25) is 23.2 Å². The largest absolute Gasteiger partial charge is 0.412 e. The molecule has 9 nitrogen and oxygen atoms in total. The van der Waals surface area contributed by atoms with Gasteiger partial charge >= 0.3 is 0 Å². The van der Waals surface area contributed by atoms with E-state index in [2.05, 4.69) is 106 Å². The van der Waals surface area contributed by atoms with Gasteiger partial charge in [-0.25, -0.2) is 13.6 Å². The summed E-state index contributed by atoms with van der Waals surface area (Å²) in [6.45, 7) is 14.1. The van der Waals surface area contributed by atoms with Crippen molar-refractivity contribution in [2.45, 2.75) is 80.5 Å². The van der Waals surface area contributed by atoms with Crippen molar-refractivity contribution >= 4 is 58.7 Å². The van der Waals surface area contributed by atoms with Gasteiger partial charge in [0.2, 0.25) is 0 Å². The number of benzene rings is 5. The molecule has 0 bridgehead atoms. The van der Waals surface area contributed by atoms with E-state index in [4.69, 9.17) is 16.0 Å². The number of Topliss-reactive ketones (excluding diaryl/α,β-unsaturated/α-hetero) is 1. The third-order valence-electron chi connectivity index (χ3n) is 12.8. The third-order valence-corrected chi connectivity index (χ3v) is 20.4. The van der Waals surface area contributed by atoms with Crippen molar-refractivity contribution in [1.82, 2.24) is 4.90 Å². The van der Waals surface area contributed by atoms with E-state index in [0.29, 0.717) is 34.5 Å². The Balaban J connectivity index is 0.00000771. The molecule has 1 heterocycles. The predicted octanol–water partition coefficient (Wildman–Crippen LogP) is 10.3. The van der Waals surface area contributed by atoms with Crippen molar-refractivity contribution in [3.8, 4) is 11.1 Å². The number of quaternary nitrogens is 1. The average molecular weight is 946 g/mol. The van der Waals surface area contributed by atoms with Gasteiger partial charge in [0.25, 0.3) is 0 Å². The van der Waals surface area contributed by atoms with Gasteiger partial charge in [-0.15, -0.1) is 11.8 Å². The van der Waals surface area contributed by atoms with Crippen LogP contribution in [0, 0.1) is 11.8 Å². The molecule has 5 aromatic carbocycles. The zero-order valence-electron chi connectivity index (χ0n) is 38.4. The van der Waals surface area contributed by atoms with Crippen molar-refractivity contribution < 1.29 is 33.8 Å². The highest BCUT2D eigenvalue weighted by molar-refractivity contribution is 7.99. The number of piperidine rings is 1. The normalized spacial score (nSPS) is 14.9. The number of nitrogens with zero attached hydrogens (tertiary/aromatic N) is 2. The second kappa shape index (κ2) is 22.6. The maximum absolute atomic E-state index is 13.7. The first-order chi connectivity index (χ1) is 29.9. The molecular weight excluding hydrogens is 878 g/mol. The Morgan fingerprint density at radius 3 is 2.19 bits per heavy atom. The molecule has 1 aliphatic rings. The quantitative estimate of drug-likeness (QED) is 0.0275. The average Bonchev–Trinajstić information content (AvgIpc) is 3.26. The SMILES string of the molecule is CN(C)CC[C@H](CSc1ccccc1)Cc1ccc(S(=O)(=O)CC(=O)c2ccc(N3CCC([C@@H](O[Si](C)(C)C(C)(C)C)c4ccccc4-c4ccc(Cl)cc4)CC3)cc2)cc1[NH2+]O.O. The van der Waals surface area contributed by atoms with E-state index in [0.717, 1.165) is 66.9 Å². The lowest BCUT2D eigenvalue weighted by Gasteiger charge is -2.44. The van der Waals surface area contributed by atoms with Crippen molar-refractivity contribution in [3.05, 3.63) is 143 Å². The Hall–Kier alpha value is -3.82. The van der Waals surface area contributed by atoms with Crippen molar-refractivity contribution in [3.63, 3.8) is 0 Å². The van der Waals surface area contributed by atoms with Gasteiger partial charge in [-0.2, -0.15) is 5.48 Å². The maximum atomic E-state index is 13.7. The summed E-state index contributed by atoms with van der Waals surface area (Å²) in [5.41, 5.74) is 7.16. The van der Waals surface area contributed by atoms with Crippen LogP contribution in [0.15, 0.2) is 131 Å². The molecule has 1 fully saturated rings. The summed E-state index contributed by atoms with van der Waals surface area (Å²) in [4.78, 5) is 19.2. The molecule has 0 aromatic heterocycles. The predicted molar refractivity (Wildman–Crippen MR) is 267 cm³/mol. The highest BCUT2D eigenvalue weighted by Gasteiger charge is 2.42. The van der Waals surface area contributed by atoms with Crippen LogP contribution in [0.3, 0.4) is 0 Å². The molecule has 0 aliphatic carbocycles. The molecule has 0 amide bonds. The van der Waals surface area contributed by atoms with Crippen molar-refractivity contribution in [1.29, 1.82) is 0 Å². The van der Waals surface area contributed by atoms with Crippen LogP contribution in [0.1, 0.15) is 67.6 Å². The summed E-state index contributed by atoms with van der Waals surface area (Å²) in [6.07, 6.45) is 3.44. The van der Waals surface area contributed by atoms with Crippen molar-refractivity contribution in [2.75, 3.05) is 50.1 Å². The number of carbonyl (C=O) groups is 1. The monoisotopic (exact) mass is 944 g/mol. The van der Waals surface area contributed by atoms with Crippen molar-refractivity contribution in [2.24, 2.45) is 11.8 Å². The molecule has 64 heavy (non-hydrogen) atoms. The van der Waals surface area contributed by atoms with Crippen LogP contribution in [-0.4, -0.2) is 83.3 Å². The van der Waals surface area contributed by atoms with E-state index in [1.807, 2.05) is 42.5 Å². The van der Waals surface area contributed by atoms with Crippen LogP contribution in [0.25, 0.3) is 11.1 Å². The lowest BCUT2D eigenvalue weighted by atomic mass is 9.84. The molecule has 0 saturated carbocycles. The summed E-state index contributed by atoms with van der Waals surface area (Å²) in [5, 5.41) is 11.0. The Labute approximate surface area is 391 Å². The van der Waals surface area contributed by atoms with Crippen LogP contribution in [0.4, 0.5) is 11.4 Å². The summed E-state index contributed by atoms with van der Waals surface area (Å²) in [5.74, 6) is 0.369. The number of rotatable bonds is 19. The van der Waals surface area contributed by atoms with Gasteiger partial charge < -0.3 is 19.7 Å². The zero-order chi connectivity index (χ0) is 45.4. The zero-order valence-corrected chi connectivity index (χ0v) is 41.8. The molecule has 0 spiro atoms. The van der Waals surface area contributed by atoms with E-state index in [-0.39, 0.29) is 21.5 Å². The third kappa shape index (κ3) is 13.4. The van der Waals surface area contributed by atoms with Gasteiger partial charge in [-0.3, -0.25) is 4.79 Å². The van der Waals surface area contributed by atoms with E-state index in [1.165, 1.54) is 22.1 Å². The number of hydrogen-bond acceptors (Lipinski definition) is 8. The van der Waals surface area contributed by atoms with Gasteiger partial charge in [-0.05, 0) is 148 Å². The van der Waals surface area contributed by atoms with Gasteiger partial charge in [0.15, 0.2) is 29.6 Å². The number of halogens is 1. The summed E-state index contributed by atoms with van der Waals surface area (Å²) in [6, 6.07) is 39.1. The lowest BCUT2D eigenvalue weighted by Crippen LogP contribution is -2.74. The van der Waals surface area contributed by atoms with Crippen LogP contribution < -0.4 is 10.4 Å². The number of carbonyl (C=O) groups excluding carboxylic acids is 1. The molecule has 2 atom stereocenters. The fraction of sp³-hybridized carbons (Fsp3) is 0.392. The molecular formula is C51H67ClN3O6S2Si+. The minimum atomic E-state index is -3.98. The van der Waals surface area contributed by atoms with Crippen LogP contribution >= 0.6 is 23.4 Å². The van der Waals surface area contributed by atoms with E-state index >= 15 is 0 Å². The number of anilines is 1. The number of thioether (sulfide) groups is 1. The van der Waals surface area contributed by atoms with Gasteiger partial charge in [0.05, 0.1) is 11.0 Å². The van der Waals surface area contributed by atoms with Crippen LogP contribution in [0.5, 0.6) is 0 Å². The smallest absolute Gasteiger partial charge is 0.192 e. The van der Waals surface area contributed by atoms with Crippen LogP contribution in [-0.2, 0) is 20.7 Å². The van der Waals surface area contributed by atoms with Gasteiger partial charge in [0, 0.05) is 51.6 Å². The molecule has 1 saturated heterocycles.